The molecule has 0 aromatic heterocycles. The largest absolute Gasteiger partial charge is 0.494 e. The van der Waals surface area contributed by atoms with Crippen molar-refractivity contribution in [3.05, 3.63) is 118 Å². The van der Waals surface area contributed by atoms with Crippen molar-refractivity contribution < 1.29 is 28.7 Å². The summed E-state index contributed by atoms with van der Waals surface area (Å²) < 4.78 is 11.2. The zero-order valence-electron chi connectivity index (χ0n) is 27.1. The van der Waals surface area contributed by atoms with Crippen molar-refractivity contribution >= 4 is 58.2 Å². The van der Waals surface area contributed by atoms with Crippen LogP contribution in [0.15, 0.2) is 97.1 Å². The van der Waals surface area contributed by atoms with E-state index in [9.17, 15) is 19.2 Å². The van der Waals surface area contributed by atoms with Crippen LogP contribution in [-0.4, -0.2) is 58.9 Å². The summed E-state index contributed by atoms with van der Waals surface area (Å²) in [6, 6.07) is 24.2. The first-order valence-corrected chi connectivity index (χ1v) is 17.3. The molecule has 4 aliphatic rings. The van der Waals surface area contributed by atoms with Crippen LogP contribution in [0, 0.1) is 11.8 Å². The van der Waals surface area contributed by atoms with Crippen LogP contribution in [0.1, 0.15) is 37.1 Å². The molecule has 6 unspecified atom stereocenters. The van der Waals surface area contributed by atoms with E-state index < -0.39 is 59.6 Å². The molecule has 4 aromatic rings. The lowest BCUT2D eigenvalue weighted by atomic mass is 9.84. The van der Waals surface area contributed by atoms with Crippen LogP contribution in [0.3, 0.4) is 0 Å². The molecule has 4 fully saturated rings. The first kappa shape index (κ1) is 32.5. The van der Waals surface area contributed by atoms with Gasteiger partial charge in [0.15, 0.2) is 0 Å². The van der Waals surface area contributed by atoms with Crippen LogP contribution in [0.5, 0.6) is 11.5 Å². The summed E-state index contributed by atoms with van der Waals surface area (Å²) in [4.78, 5) is 60.9. The summed E-state index contributed by atoms with van der Waals surface area (Å²) in [5.74, 6) is -2.23. The fourth-order valence-electron chi connectivity index (χ4n) is 8.04. The zero-order chi connectivity index (χ0) is 34.8. The number of amides is 4. The summed E-state index contributed by atoms with van der Waals surface area (Å²) in [5, 5.41) is 4.64. The van der Waals surface area contributed by atoms with Crippen molar-refractivity contribution in [3.8, 4) is 11.5 Å². The van der Waals surface area contributed by atoms with Gasteiger partial charge in [-0.1, -0.05) is 47.5 Å². The summed E-state index contributed by atoms with van der Waals surface area (Å²) in [6.45, 7) is 4.70. The Labute approximate surface area is 298 Å². The van der Waals surface area contributed by atoms with Crippen molar-refractivity contribution in [1.82, 2.24) is 10.0 Å². The minimum atomic E-state index is -0.999. The van der Waals surface area contributed by atoms with Gasteiger partial charge in [0, 0.05) is 10.0 Å². The number of benzene rings is 4. The number of imide groups is 2. The van der Waals surface area contributed by atoms with E-state index in [-0.39, 0.29) is 0 Å². The number of fused-ring (bicyclic) bond motifs is 5. The van der Waals surface area contributed by atoms with Gasteiger partial charge in [-0.3, -0.25) is 19.2 Å². The second-order valence-electron chi connectivity index (χ2n) is 12.6. The Morgan fingerprint density at radius 1 is 0.480 bits per heavy atom. The number of anilines is 2. The van der Waals surface area contributed by atoms with Crippen LogP contribution in [0.25, 0.3) is 0 Å². The maximum absolute atomic E-state index is 14.6. The highest BCUT2D eigenvalue weighted by Gasteiger charge is 2.73. The molecule has 8 rings (SSSR count). The lowest BCUT2D eigenvalue weighted by Gasteiger charge is -2.35. The van der Waals surface area contributed by atoms with Crippen LogP contribution in [-0.2, 0) is 19.2 Å². The van der Waals surface area contributed by atoms with Crippen LogP contribution < -0.4 is 19.3 Å². The van der Waals surface area contributed by atoms with E-state index in [1.807, 2.05) is 23.9 Å². The second kappa shape index (κ2) is 12.5. The molecule has 4 aliphatic heterocycles. The Bertz CT molecular complexity index is 1840. The van der Waals surface area contributed by atoms with Crippen molar-refractivity contribution in [3.63, 3.8) is 0 Å². The third-order valence-corrected chi connectivity index (χ3v) is 10.5. The van der Waals surface area contributed by atoms with Crippen molar-refractivity contribution in [1.29, 1.82) is 0 Å². The Morgan fingerprint density at radius 2 is 0.820 bits per heavy atom. The highest BCUT2D eigenvalue weighted by Crippen LogP contribution is 2.60. The van der Waals surface area contributed by atoms with Crippen LogP contribution in [0.2, 0.25) is 10.0 Å². The standard InChI is InChI=1S/C38H32Cl2N4O6/c1-3-49-27-17-13-25(14-18-27)41-35(45)29-31(21-5-9-23(39)10-6-21)44-34-30(32(43(44)33(29)37(41)47)22-7-11-24(40)12-8-22)36(46)42(38(34)48)26-15-19-28(20-16-26)50-4-2/h5-20,29-34H,3-4H2,1-2H3. The van der Waals surface area contributed by atoms with Gasteiger partial charge in [0.25, 0.3) is 11.8 Å². The Kier molecular flexibility index (Phi) is 8.14. The van der Waals surface area contributed by atoms with Gasteiger partial charge in [0.1, 0.15) is 23.6 Å². The molecule has 12 heteroatoms. The van der Waals surface area contributed by atoms with Gasteiger partial charge >= 0.3 is 0 Å². The zero-order valence-corrected chi connectivity index (χ0v) is 28.6. The van der Waals surface area contributed by atoms with Gasteiger partial charge in [-0.05, 0) is 97.8 Å². The van der Waals surface area contributed by atoms with Crippen molar-refractivity contribution in [2.75, 3.05) is 23.0 Å². The minimum absolute atomic E-state index is 0.398. The molecule has 254 valence electrons. The molecule has 6 atom stereocenters. The van der Waals surface area contributed by atoms with Crippen LogP contribution >= 0.6 is 23.2 Å². The predicted molar refractivity (Wildman–Crippen MR) is 187 cm³/mol. The van der Waals surface area contributed by atoms with Gasteiger partial charge in [-0.25, -0.2) is 19.8 Å². The molecule has 4 saturated heterocycles. The fourth-order valence-corrected chi connectivity index (χ4v) is 8.29. The number of nitrogens with zero attached hydrogens (tertiary/aromatic N) is 4. The highest BCUT2D eigenvalue weighted by molar-refractivity contribution is 6.31. The molecular weight excluding hydrogens is 679 g/mol. The number of halogens is 2. The average Bonchev–Trinajstić information content (AvgIpc) is 3.78. The third-order valence-electron chi connectivity index (χ3n) is 9.96. The molecule has 0 aliphatic carbocycles. The van der Waals surface area contributed by atoms with Gasteiger partial charge in [-0.2, -0.15) is 0 Å². The molecule has 4 heterocycles. The van der Waals surface area contributed by atoms with Gasteiger partial charge in [-0.15, -0.1) is 0 Å². The summed E-state index contributed by atoms with van der Waals surface area (Å²) in [7, 11) is 0. The number of carbonyl (C=O) groups excluding carboxylic acids is 4. The molecular formula is C38H32Cl2N4O6. The molecule has 0 N–H and O–H groups in total. The van der Waals surface area contributed by atoms with Gasteiger partial charge in [0.05, 0.1) is 48.5 Å². The smallest absolute Gasteiger partial charge is 0.253 e. The van der Waals surface area contributed by atoms with Crippen LogP contribution in [0.4, 0.5) is 11.4 Å². The molecule has 0 saturated carbocycles. The van der Waals surface area contributed by atoms with E-state index in [4.69, 9.17) is 32.7 Å². The third kappa shape index (κ3) is 4.92. The summed E-state index contributed by atoms with van der Waals surface area (Å²) in [5.41, 5.74) is 2.21. The predicted octanol–water partition coefficient (Wildman–Crippen LogP) is 6.24. The quantitative estimate of drug-likeness (QED) is 0.198. The Hall–Kier alpha value is -4.74. The topological polar surface area (TPSA) is 99.7 Å². The van der Waals surface area contributed by atoms with E-state index in [0.29, 0.717) is 57.3 Å². The van der Waals surface area contributed by atoms with E-state index in [0.717, 1.165) is 0 Å². The van der Waals surface area contributed by atoms with Crippen molar-refractivity contribution in [2.24, 2.45) is 11.8 Å². The second-order valence-corrected chi connectivity index (χ2v) is 13.4. The fraction of sp³-hybridized carbons (Fsp3) is 0.263. The average molecular weight is 712 g/mol. The number of hydrogen-bond donors (Lipinski definition) is 0. The van der Waals surface area contributed by atoms with Gasteiger partial charge in [0.2, 0.25) is 11.8 Å². The minimum Gasteiger partial charge on any atom is -0.494 e. The molecule has 50 heavy (non-hydrogen) atoms. The molecule has 0 bridgehead atoms. The number of carbonyl (C=O) groups is 4. The number of rotatable bonds is 8. The van der Waals surface area contributed by atoms with Crippen molar-refractivity contribution in [2.45, 2.75) is 38.0 Å². The maximum Gasteiger partial charge on any atom is 0.253 e. The Morgan fingerprint density at radius 3 is 1.14 bits per heavy atom. The summed E-state index contributed by atoms with van der Waals surface area (Å²) >= 11 is 12.6. The highest BCUT2D eigenvalue weighted by atomic mass is 35.5. The molecule has 4 aromatic carbocycles. The van der Waals surface area contributed by atoms with E-state index in [2.05, 4.69) is 0 Å². The summed E-state index contributed by atoms with van der Waals surface area (Å²) in [6.07, 6.45) is 0. The normalized spacial score (nSPS) is 26.1. The number of ether oxygens (including phenoxy) is 2. The Balaban J connectivity index is 1.28. The lowest BCUT2D eigenvalue weighted by Crippen LogP contribution is -2.50. The molecule has 10 nitrogen and oxygen atoms in total. The first-order valence-electron chi connectivity index (χ1n) is 16.5. The van der Waals surface area contributed by atoms with E-state index >= 15 is 0 Å². The lowest BCUT2D eigenvalue weighted by molar-refractivity contribution is -0.136. The van der Waals surface area contributed by atoms with E-state index in [1.54, 1.807) is 97.1 Å². The van der Waals surface area contributed by atoms with E-state index in [1.165, 1.54) is 9.80 Å². The molecule has 0 spiro atoms. The van der Waals surface area contributed by atoms with Gasteiger partial charge < -0.3 is 9.47 Å². The number of hydrazine groups is 1. The number of hydrogen-bond acceptors (Lipinski definition) is 8. The monoisotopic (exact) mass is 710 g/mol. The first-order chi connectivity index (χ1) is 24.2. The molecule has 4 amide bonds. The maximum atomic E-state index is 14.6. The SMILES string of the molecule is CCOc1ccc(N2C(=O)C3C(C2=O)N2C(c4ccc(Cl)cc4)C4C(=O)N(c5ccc(OCC)cc5)C(=O)C4N2C3c2ccc(Cl)cc2)cc1. The molecule has 0 radical (unpaired) electrons.